The van der Waals surface area contributed by atoms with E-state index >= 15 is 0 Å². The number of rotatable bonds is 5. The molecule has 0 amide bonds. The van der Waals surface area contributed by atoms with Gasteiger partial charge >= 0.3 is 17.9 Å². The predicted molar refractivity (Wildman–Crippen MR) is 40.6 cm³/mol. The van der Waals surface area contributed by atoms with Gasteiger partial charge in [-0.3, -0.25) is 14.4 Å². The standard InChI is InChI=1S/C7H8O7/c1-7(5(11)12,6(13)14)2-3(8)4(9)10/h2H2,1H3,(H,9,10)(H,11,12)(H,13,14). The molecule has 0 unspecified atom stereocenters. The van der Waals surface area contributed by atoms with Gasteiger partial charge in [-0.15, -0.1) is 0 Å². The number of Topliss-reactive ketones (excluding diaryl/α,β-unsaturated/α-hetero) is 1. The summed E-state index contributed by atoms with van der Waals surface area (Å²) >= 11 is 0. The second-order valence-electron chi connectivity index (χ2n) is 2.85. The van der Waals surface area contributed by atoms with Gasteiger partial charge in [0.2, 0.25) is 5.78 Å². The Hall–Kier alpha value is -1.92. The molecular formula is C7H8O7. The van der Waals surface area contributed by atoms with Crippen molar-refractivity contribution in [3.05, 3.63) is 0 Å². The van der Waals surface area contributed by atoms with Crippen LogP contribution >= 0.6 is 0 Å². The molecular weight excluding hydrogens is 196 g/mol. The quantitative estimate of drug-likeness (QED) is 0.395. The number of aliphatic carboxylic acids is 3. The third-order valence-corrected chi connectivity index (χ3v) is 1.70. The summed E-state index contributed by atoms with van der Waals surface area (Å²) in [6, 6.07) is 0. The number of hydrogen-bond donors (Lipinski definition) is 3. The van der Waals surface area contributed by atoms with Gasteiger partial charge in [0, 0.05) is 6.42 Å². The monoisotopic (exact) mass is 204 g/mol. The zero-order valence-electron chi connectivity index (χ0n) is 7.18. The molecule has 0 atom stereocenters. The maximum absolute atomic E-state index is 10.6. The minimum Gasteiger partial charge on any atom is -0.480 e. The molecule has 0 heterocycles. The van der Waals surface area contributed by atoms with E-state index in [1.807, 2.05) is 0 Å². The van der Waals surface area contributed by atoms with Gasteiger partial charge in [0.15, 0.2) is 5.41 Å². The van der Waals surface area contributed by atoms with Crippen LogP contribution in [0.4, 0.5) is 0 Å². The van der Waals surface area contributed by atoms with Crippen molar-refractivity contribution in [3.8, 4) is 0 Å². The fourth-order valence-electron chi connectivity index (χ4n) is 0.639. The van der Waals surface area contributed by atoms with E-state index < -0.39 is 35.5 Å². The van der Waals surface area contributed by atoms with Crippen molar-refractivity contribution in [1.29, 1.82) is 0 Å². The first-order chi connectivity index (χ1) is 6.21. The van der Waals surface area contributed by atoms with E-state index in [1.165, 1.54) is 0 Å². The van der Waals surface area contributed by atoms with E-state index in [0.29, 0.717) is 0 Å². The molecule has 0 spiro atoms. The molecule has 7 nitrogen and oxygen atoms in total. The Labute approximate surface area is 78.0 Å². The van der Waals surface area contributed by atoms with Crippen molar-refractivity contribution in [3.63, 3.8) is 0 Å². The van der Waals surface area contributed by atoms with Crippen molar-refractivity contribution in [2.24, 2.45) is 5.41 Å². The molecule has 0 saturated heterocycles. The van der Waals surface area contributed by atoms with E-state index in [9.17, 15) is 19.2 Å². The van der Waals surface area contributed by atoms with Crippen LogP contribution in [0.25, 0.3) is 0 Å². The predicted octanol–water partition coefficient (Wildman–Crippen LogP) is -0.794. The summed E-state index contributed by atoms with van der Waals surface area (Å²) in [4.78, 5) is 41.7. The van der Waals surface area contributed by atoms with Crippen molar-refractivity contribution in [2.75, 3.05) is 0 Å². The lowest BCUT2D eigenvalue weighted by Gasteiger charge is -2.16. The average molecular weight is 204 g/mol. The Morgan fingerprint density at radius 3 is 1.57 bits per heavy atom. The molecule has 0 bridgehead atoms. The molecule has 0 aromatic carbocycles. The average Bonchev–Trinajstić information content (AvgIpc) is 2.02. The SMILES string of the molecule is CC(CC(=O)C(=O)O)(C(=O)O)C(=O)O. The van der Waals surface area contributed by atoms with Crippen molar-refractivity contribution in [1.82, 2.24) is 0 Å². The van der Waals surface area contributed by atoms with Crippen LogP contribution in [0.15, 0.2) is 0 Å². The Kier molecular flexibility index (Phi) is 3.33. The smallest absolute Gasteiger partial charge is 0.372 e. The molecule has 0 saturated carbocycles. The summed E-state index contributed by atoms with van der Waals surface area (Å²) < 4.78 is 0. The number of hydrogen-bond acceptors (Lipinski definition) is 4. The molecule has 14 heavy (non-hydrogen) atoms. The van der Waals surface area contributed by atoms with Gasteiger partial charge in [0.25, 0.3) is 0 Å². The first-order valence-corrected chi connectivity index (χ1v) is 3.44. The lowest BCUT2D eigenvalue weighted by atomic mass is 9.85. The lowest BCUT2D eigenvalue weighted by Crippen LogP contribution is -2.39. The third kappa shape index (κ3) is 2.28. The molecule has 0 radical (unpaired) electrons. The van der Waals surface area contributed by atoms with Crippen LogP contribution in [0, 0.1) is 5.41 Å². The highest BCUT2D eigenvalue weighted by molar-refractivity contribution is 6.33. The molecule has 0 aliphatic heterocycles. The van der Waals surface area contributed by atoms with Crippen LogP contribution in [-0.4, -0.2) is 39.0 Å². The summed E-state index contributed by atoms with van der Waals surface area (Å²) in [5.74, 6) is -6.80. The van der Waals surface area contributed by atoms with Crippen LogP contribution in [0.1, 0.15) is 13.3 Å². The maximum atomic E-state index is 10.6. The Morgan fingerprint density at radius 2 is 1.36 bits per heavy atom. The molecule has 0 aromatic rings. The van der Waals surface area contributed by atoms with E-state index in [1.54, 1.807) is 0 Å². The van der Waals surface area contributed by atoms with Gasteiger partial charge in [0.05, 0.1) is 0 Å². The third-order valence-electron chi connectivity index (χ3n) is 1.70. The molecule has 0 aliphatic carbocycles. The van der Waals surface area contributed by atoms with Gasteiger partial charge in [0.1, 0.15) is 0 Å². The summed E-state index contributed by atoms with van der Waals surface area (Å²) in [7, 11) is 0. The highest BCUT2D eigenvalue weighted by Crippen LogP contribution is 2.22. The summed E-state index contributed by atoms with van der Waals surface area (Å²) in [5, 5.41) is 25.2. The minimum absolute atomic E-state index is 0.776. The highest BCUT2D eigenvalue weighted by Gasteiger charge is 2.44. The zero-order valence-corrected chi connectivity index (χ0v) is 7.18. The van der Waals surface area contributed by atoms with E-state index in [0.717, 1.165) is 6.92 Å². The molecule has 0 aromatic heterocycles. The van der Waals surface area contributed by atoms with Crippen LogP contribution in [0.3, 0.4) is 0 Å². The fraction of sp³-hybridized carbons (Fsp3) is 0.429. The van der Waals surface area contributed by atoms with Crippen LogP contribution in [0.2, 0.25) is 0 Å². The van der Waals surface area contributed by atoms with Crippen LogP contribution in [-0.2, 0) is 19.2 Å². The summed E-state index contributed by atoms with van der Waals surface area (Å²) in [5.41, 5.74) is -2.39. The molecule has 0 aliphatic rings. The molecule has 0 rings (SSSR count). The van der Waals surface area contributed by atoms with Crippen LogP contribution in [0.5, 0.6) is 0 Å². The van der Waals surface area contributed by atoms with Gasteiger partial charge in [-0.25, -0.2) is 4.79 Å². The van der Waals surface area contributed by atoms with Gasteiger partial charge in [-0.2, -0.15) is 0 Å². The number of carbonyl (C=O) groups excluding carboxylic acids is 1. The Bertz CT molecular complexity index is 289. The fourth-order valence-corrected chi connectivity index (χ4v) is 0.639. The van der Waals surface area contributed by atoms with E-state index in [4.69, 9.17) is 15.3 Å². The van der Waals surface area contributed by atoms with Crippen molar-refractivity contribution >= 4 is 23.7 Å². The number of carbonyl (C=O) groups is 4. The number of carboxylic acids is 3. The highest BCUT2D eigenvalue weighted by atomic mass is 16.4. The van der Waals surface area contributed by atoms with Gasteiger partial charge < -0.3 is 15.3 Å². The number of carboxylic acid groups (broad SMARTS) is 3. The summed E-state index contributed by atoms with van der Waals surface area (Å²) in [6.45, 7) is 0.776. The van der Waals surface area contributed by atoms with Crippen molar-refractivity contribution in [2.45, 2.75) is 13.3 Å². The molecule has 7 heteroatoms. The topological polar surface area (TPSA) is 129 Å². The normalized spacial score (nSPS) is 10.6. The first-order valence-electron chi connectivity index (χ1n) is 3.44. The second-order valence-corrected chi connectivity index (χ2v) is 2.85. The van der Waals surface area contributed by atoms with E-state index in [-0.39, 0.29) is 0 Å². The van der Waals surface area contributed by atoms with Crippen LogP contribution < -0.4 is 0 Å². The van der Waals surface area contributed by atoms with Gasteiger partial charge in [-0.1, -0.05) is 0 Å². The maximum Gasteiger partial charge on any atom is 0.372 e. The molecule has 3 N–H and O–H groups in total. The number of ketones is 1. The Morgan fingerprint density at radius 1 is 1.00 bits per heavy atom. The summed E-state index contributed by atoms with van der Waals surface area (Å²) in [6.07, 6.45) is -1.08. The second kappa shape index (κ2) is 3.86. The van der Waals surface area contributed by atoms with E-state index in [2.05, 4.69) is 0 Å². The molecule has 0 fully saturated rings. The minimum atomic E-state index is -2.39. The van der Waals surface area contributed by atoms with Crippen molar-refractivity contribution < 1.29 is 34.5 Å². The first kappa shape index (κ1) is 12.1. The lowest BCUT2D eigenvalue weighted by molar-refractivity contribution is -0.166. The zero-order chi connectivity index (χ0) is 11.5. The van der Waals surface area contributed by atoms with Gasteiger partial charge in [-0.05, 0) is 6.92 Å². The molecule has 78 valence electrons. The Balaban J connectivity index is 4.89. The largest absolute Gasteiger partial charge is 0.480 e.